The Kier molecular flexibility index (Phi) is 2.75. The van der Waals surface area contributed by atoms with Crippen molar-refractivity contribution in [3.8, 4) is 0 Å². The van der Waals surface area contributed by atoms with E-state index in [0.717, 1.165) is 17.3 Å². The fourth-order valence-electron chi connectivity index (χ4n) is 1.96. The summed E-state index contributed by atoms with van der Waals surface area (Å²) in [4.78, 5) is 0. The summed E-state index contributed by atoms with van der Waals surface area (Å²) in [6.07, 6.45) is 4.52. The molecule has 2 rings (SSSR count). The van der Waals surface area contributed by atoms with Gasteiger partial charge >= 0.3 is 0 Å². The van der Waals surface area contributed by atoms with Gasteiger partial charge in [0.1, 0.15) is 0 Å². The Morgan fingerprint density at radius 1 is 1.43 bits per heavy atom. The van der Waals surface area contributed by atoms with Crippen LogP contribution in [0.5, 0.6) is 0 Å². The topological polar surface area (TPSA) is 26.0 Å². The molecule has 0 radical (unpaired) electrons. The molecule has 14 heavy (non-hydrogen) atoms. The Morgan fingerprint density at radius 3 is 2.93 bits per heavy atom. The average molecular weight is 252 g/mol. The van der Waals surface area contributed by atoms with Crippen LogP contribution in [0.25, 0.3) is 5.57 Å². The average Bonchev–Trinajstić information content (AvgIpc) is 2.16. The van der Waals surface area contributed by atoms with Crippen LogP contribution < -0.4 is 5.73 Å². The normalized spacial score (nSPS) is 17.2. The maximum Gasteiger partial charge on any atom is 0.0268 e. The van der Waals surface area contributed by atoms with Crippen molar-refractivity contribution < 1.29 is 0 Å². The van der Waals surface area contributed by atoms with Crippen molar-refractivity contribution in [1.82, 2.24) is 0 Å². The summed E-state index contributed by atoms with van der Waals surface area (Å²) in [5.74, 6) is 0. The van der Waals surface area contributed by atoms with Crippen molar-refractivity contribution in [3.63, 3.8) is 0 Å². The largest absolute Gasteiger partial charge is 0.324 e. The van der Waals surface area contributed by atoms with Gasteiger partial charge in [0.25, 0.3) is 0 Å². The number of fused-ring (bicyclic) bond motifs is 1. The predicted octanol–water partition coefficient (Wildman–Crippen LogP) is 3.13. The zero-order valence-corrected chi connectivity index (χ0v) is 9.84. The molecule has 1 atom stereocenters. The van der Waals surface area contributed by atoms with Gasteiger partial charge in [-0.15, -0.1) is 0 Å². The predicted molar refractivity (Wildman–Crippen MR) is 64.1 cm³/mol. The highest BCUT2D eigenvalue weighted by molar-refractivity contribution is 9.10. The minimum atomic E-state index is 0.128. The van der Waals surface area contributed by atoms with Crippen LogP contribution >= 0.6 is 15.9 Å². The van der Waals surface area contributed by atoms with E-state index in [1.807, 2.05) is 6.92 Å². The molecule has 2 heteroatoms. The number of rotatable bonds is 1. The van der Waals surface area contributed by atoms with E-state index in [4.69, 9.17) is 5.73 Å². The highest BCUT2D eigenvalue weighted by Gasteiger charge is 2.15. The molecule has 1 unspecified atom stereocenters. The minimum absolute atomic E-state index is 0.128. The summed E-state index contributed by atoms with van der Waals surface area (Å²) in [6.45, 7) is 2.04. The second kappa shape index (κ2) is 3.87. The molecular weight excluding hydrogens is 238 g/mol. The lowest BCUT2D eigenvalue weighted by atomic mass is 9.88. The van der Waals surface area contributed by atoms with Gasteiger partial charge in [-0.2, -0.15) is 0 Å². The third kappa shape index (κ3) is 1.77. The van der Waals surface area contributed by atoms with E-state index in [2.05, 4.69) is 40.2 Å². The van der Waals surface area contributed by atoms with Gasteiger partial charge in [0.05, 0.1) is 0 Å². The summed E-state index contributed by atoms with van der Waals surface area (Å²) in [7, 11) is 0. The smallest absolute Gasteiger partial charge is 0.0268 e. The van der Waals surface area contributed by atoms with Gasteiger partial charge < -0.3 is 5.73 Å². The molecular formula is C12H14BrN. The third-order valence-electron chi connectivity index (χ3n) is 2.65. The van der Waals surface area contributed by atoms with Crippen LogP contribution in [0.15, 0.2) is 28.7 Å². The number of halogens is 1. The van der Waals surface area contributed by atoms with Crippen molar-refractivity contribution >= 4 is 21.5 Å². The molecule has 0 aromatic heterocycles. The molecule has 0 amide bonds. The fraction of sp³-hybridized carbons (Fsp3) is 0.333. The Morgan fingerprint density at radius 2 is 2.21 bits per heavy atom. The molecule has 0 bridgehead atoms. The van der Waals surface area contributed by atoms with E-state index in [0.29, 0.717) is 0 Å². The number of hydrogen-bond donors (Lipinski definition) is 1. The number of nitrogens with two attached hydrogens (primary N) is 1. The SMILES string of the molecule is CC(N)C1=CCCc2ccc(Br)cc21. The Labute approximate surface area is 93.1 Å². The van der Waals surface area contributed by atoms with Crippen LogP contribution in [0.1, 0.15) is 24.5 Å². The standard InChI is InChI=1S/C12H14BrN/c1-8(14)11-4-2-3-9-5-6-10(13)7-12(9)11/h4-8H,2-3,14H2,1H3. The molecule has 0 spiro atoms. The first kappa shape index (κ1) is 9.94. The summed E-state index contributed by atoms with van der Waals surface area (Å²) < 4.78 is 1.13. The molecule has 1 nitrogen and oxygen atoms in total. The zero-order valence-electron chi connectivity index (χ0n) is 8.26. The van der Waals surface area contributed by atoms with E-state index < -0.39 is 0 Å². The Hall–Kier alpha value is -0.600. The lowest BCUT2D eigenvalue weighted by Gasteiger charge is -2.20. The monoisotopic (exact) mass is 251 g/mol. The highest BCUT2D eigenvalue weighted by Crippen LogP contribution is 2.30. The molecule has 0 aliphatic heterocycles. The van der Waals surface area contributed by atoms with Gasteiger partial charge in [-0.05, 0) is 48.6 Å². The van der Waals surface area contributed by atoms with Crippen LogP contribution in [0.2, 0.25) is 0 Å². The lowest BCUT2D eigenvalue weighted by Crippen LogP contribution is -2.19. The van der Waals surface area contributed by atoms with Crippen LogP contribution in [-0.2, 0) is 6.42 Å². The molecule has 0 heterocycles. The summed E-state index contributed by atoms with van der Waals surface area (Å²) >= 11 is 3.50. The van der Waals surface area contributed by atoms with Crippen molar-refractivity contribution in [2.75, 3.05) is 0 Å². The van der Waals surface area contributed by atoms with Crippen LogP contribution in [0.3, 0.4) is 0 Å². The van der Waals surface area contributed by atoms with Gasteiger partial charge in [0.15, 0.2) is 0 Å². The molecule has 74 valence electrons. The number of aryl methyl sites for hydroxylation is 1. The number of hydrogen-bond acceptors (Lipinski definition) is 1. The van der Waals surface area contributed by atoms with E-state index in [1.165, 1.54) is 16.7 Å². The quantitative estimate of drug-likeness (QED) is 0.816. The van der Waals surface area contributed by atoms with E-state index in [-0.39, 0.29) is 6.04 Å². The maximum absolute atomic E-state index is 5.95. The first-order valence-corrected chi connectivity index (χ1v) is 5.72. The van der Waals surface area contributed by atoms with Crippen molar-refractivity contribution in [2.45, 2.75) is 25.8 Å². The van der Waals surface area contributed by atoms with Crippen molar-refractivity contribution in [3.05, 3.63) is 39.9 Å². The molecule has 1 aromatic rings. The van der Waals surface area contributed by atoms with E-state index >= 15 is 0 Å². The minimum Gasteiger partial charge on any atom is -0.324 e. The van der Waals surface area contributed by atoms with E-state index in [1.54, 1.807) is 0 Å². The third-order valence-corrected chi connectivity index (χ3v) is 3.14. The molecule has 1 aliphatic carbocycles. The van der Waals surface area contributed by atoms with Crippen LogP contribution in [0.4, 0.5) is 0 Å². The molecule has 1 aliphatic rings. The second-order valence-electron chi connectivity index (χ2n) is 3.79. The summed E-state index contributed by atoms with van der Waals surface area (Å²) in [5.41, 5.74) is 9.97. The lowest BCUT2D eigenvalue weighted by molar-refractivity contribution is 0.896. The fourth-order valence-corrected chi connectivity index (χ4v) is 2.32. The van der Waals surface area contributed by atoms with Gasteiger partial charge in [0, 0.05) is 10.5 Å². The van der Waals surface area contributed by atoms with E-state index in [9.17, 15) is 0 Å². The number of allylic oxidation sites excluding steroid dienone is 1. The van der Waals surface area contributed by atoms with Gasteiger partial charge in [-0.25, -0.2) is 0 Å². The molecule has 0 fully saturated rings. The second-order valence-corrected chi connectivity index (χ2v) is 4.70. The van der Waals surface area contributed by atoms with Crippen LogP contribution in [0, 0.1) is 0 Å². The van der Waals surface area contributed by atoms with Crippen molar-refractivity contribution in [1.29, 1.82) is 0 Å². The molecule has 1 aromatic carbocycles. The molecule has 0 saturated heterocycles. The van der Waals surface area contributed by atoms with Crippen molar-refractivity contribution in [2.24, 2.45) is 5.73 Å². The number of benzene rings is 1. The van der Waals surface area contributed by atoms with Crippen LogP contribution in [-0.4, -0.2) is 6.04 Å². The first-order chi connectivity index (χ1) is 6.68. The Bertz CT molecular complexity index is 380. The highest BCUT2D eigenvalue weighted by atomic mass is 79.9. The molecule has 2 N–H and O–H groups in total. The first-order valence-electron chi connectivity index (χ1n) is 4.93. The summed E-state index contributed by atoms with van der Waals surface area (Å²) in [5, 5.41) is 0. The van der Waals surface area contributed by atoms with Gasteiger partial charge in [-0.3, -0.25) is 0 Å². The van der Waals surface area contributed by atoms with Gasteiger partial charge in [-0.1, -0.05) is 28.1 Å². The maximum atomic E-state index is 5.95. The van der Waals surface area contributed by atoms with Gasteiger partial charge in [0.2, 0.25) is 0 Å². The Balaban J connectivity index is 2.51. The molecule has 0 saturated carbocycles. The summed E-state index contributed by atoms with van der Waals surface area (Å²) in [6, 6.07) is 6.59. The zero-order chi connectivity index (χ0) is 10.1.